The van der Waals surface area contributed by atoms with Crippen LogP contribution in [0.4, 0.5) is 0 Å². The van der Waals surface area contributed by atoms with E-state index in [1.165, 1.54) is 11.3 Å². The molecule has 3 heterocycles. The number of nitrogens with zero attached hydrogens (tertiary/aromatic N) is 3. The van der Waals surface area contributed by atoms with Crippen LogP contribution < -0.4 is 5.32 Å². The van der Waals surface area contributed by atoms with Gasteiger partial charge in [-0.2, -0.15) is 4.98 Å². The lowest BCUT2D eigenvalue weighted by molar-refractivity contribution is -0.135. The fourth-order valence-electron chi connectivity index (χ4n) is 3.19. The van der Waals surface area contributed by atoms with Gasteiger partial charge in [0.1, 0.15) is 6.04 Å². The molecule has 0 bridgehead atoms. The maximum atomic E-state index is 13.1. The largest absolute Gasteiger partial charge is 0.340 e. The van der Waals surface area contributed by atoms with Gasteiger partial charge in [-0.1, -0.05) is 25.1 Å². The topological polar surface area (TPSA) is 88.3 Å². The molecule has 1 fully saturated rings. The Morgan fingerprint density at radius 3 is 2.85 bits per heavy atom. The third-order valence-electron chi connectivity index (χ3n) is 4.59. The molecule has 2 amide bonds. The lowest BCUT2D eigenvalue weighted by Crippen LogP contribution is -2.53. The molecule has 7 nitrogen and oxygen atoms in total. The molecule has 140 valence electrons. The van der Waals surface area contributed by atoms with Crippen molar-refractivity contribution in [3.63, 3.8) is 0 Å². The van der Waals surface area contributed by atoms with Gasteiger partial charge in [-0.15, -0.1) is 11.3 Å². The number of amides is 2. The van der Waals surface area contributed by atoms with E-state index >= 15 is 0 Å². The zero-order valence-corrected chi connectivity index (χ0v) is 16.1. The molecule has 26 heavy (non-hydrogen) atoms. The molecule has 2 aromatic rings. The van der Waals surface area contributed by atoms with Crippen molar-refractivity contribution in [2.24, 2.45) is 5.92 Å². The van der Waals surface area contributed by atoms with E-state index < -0.39 is 6.04 Å². The minimum atomic E-state index is -0.548. The Balaban J connectivity index is 1.69. The summed E-state index contributed by atoms with van der Waals surface area (Å²) in [6.45, 7) is 6.90. The van der Waals surface area contributed by atoms with Gasteiger partial charge in [0, 0.05) is 13.1 Å². The zero-order chi connectivity index (χ0) is 18.7. The number of hydrogen-bond acceptors (Lipinski definition) is 6. The van der Waals surface area contributed by atoms with Crippen molar-refractivity contribution in [3.8, 4) is 0 Å². The minimum absolute atomic E-state index is 0.00237. The smallest absolute Gasteiger partial charge is 0.262 e. The summed E-state index contributed by atoms with van der Waals surface area (Å²) in [7, 11) is 0. The molecule has 2 aromatic heterocycles. The second-order valence-electron chi connectivity index (χ2n) is 6.98. The average molecular weight is 376 g/mol. The van der Waals surface area contributed by atoms with Crippen LogP contribution >= 0.6 is 11.3 Å². The number of carbonyl (C=O) groups is 2. The molecule has 1 N–H and O–H groups in total. The summed E-state index contributed by atoms with van der Waals surface area (Å²) >= 11 is 1.37. The molecular weight excluding hydrogens is 352 g/mol. The Morgan fingerprint density at radius 1 is 1.42 bits per heavy atom. The summed E-state index contributed by atoms with van der Waals surface area (Å²) in [6.07, 6.45) is 1.79. The van der Waals surface area contributed by atoms with Gasteiger partial charge in [0.15, 0.2) is 5.82 Å². The summed E-state index contributed by atoms with van der Waals surface area (Å²) in [5.74, 6) is 0.988. The molecule has 1 aliphatic heterocycles. The van der Waals surface area contributed by atoms with Crippen LogP contribution in [0.5, 0.6) is 0 Å². The predicted octanol–water partition coefficient (Wildman–Crippen LogP) is 2.60. The molecule has 2 atom stereocenters. The van der Waals surface area contributed by atoms with Gasteiger partial charge in [-0.05, 0) is 37.1 Å². The quantitative estimate of drug-likeness (QED) is 0.866. The van der Waals surface area contributed by atoms with Gasteiger partial charge in [0.2, 0.25) is 11.8 Å². The Labute approximate surface area is 156 Å². The number of likely N-dealkylation sites (tertiary alicyclic amines) is 1. The average Bonchev–Trinajstić information content (AvgIpc) is 3.30. The molecule has 0 spiro atoms. The molecule has 0 saturated carbocycles. The van der Waals surface area contributed by atoms with Gasteiger partial charge >= 0.3 is 0 Å². The van der Waals surface area contributed by atoms with Crippen molar-refractivity contribution in [3.05, 3.63) is 34.1 Å². The fourth-order valence-corrected chi connectivity index (χ4v) is 3.82. The van der Waals surface area contributed by atoms with Crippen LogP contribution in [-0.2, 0) is 4.79 Å². The number of hydrogen-bond donors (Lipinski definition) is 1. The van der Waals surface area contributed by atoms with Crippen molar-refractivity contribution < 1.29 is 14.1 Å². The summed E-state index contributed by atoms with van der Waals surface area (Å²) in [5, 5.41) is 8.60. The van der Waals surface area contributed by atoms with Crippen LogP contribution in [0.2, 0.25) is 0 Å². The van der Waals surface area contributed by atoms with Crippen molar-refractivity contribution in [2.75, 3.05) is 13.1 Å². The Morgan fingerprint density at radius 2 is 2.23 bits per heavy atom. The third-order valence-corrected chi connectivity index (χ3v) is 5.46. The Hall–Kier alpha value is -2.22. The number of nitrogens with one attached hydrogen (secondary N) is 1. The molecule has 8 heteroatoms. The maximum Gasteiger partial charge on any atom is 0.262 e. The number of rotatable bonds is 5. The van der Waals surface area contributed by atoms with Crippen LogP contribution in [0.25, 0.3) is 0 Å². The lowest BCUT2D eigenvalue weighted by atomic mass is 9.95. The Bertz CT molecular complexity index is 756. The summed E-state index contributed by atoms with van der Waals surface area (Å²) < 4.78 is 5.29. The number of aromatic nitrogens is 2. The molecule has 3 rings (SSSR count). The summed E-state index contributed by atoms with van der Waals surface area (Å²) in [6, 6.07) is 3.04. The normalized spacial score (nSPS) is 18.8. The predicted molar refractivity (Wildman–Crippen MR) is 98.0 cm³/mol. The molecule has 0 aromatic carbocycles. The lowest BCUT2D eigenvalue weighted by Gasteiger charge is -2.34. The van der Waals surface area contributed by atoms with Crippen LogP contribution in [-0.4, -0.2) is 46.0 Å². The van der Waals surface area contributed by atoms with Gasteiger partial charge in [-0.25, -0.2) is 0 Å². The number of thiophene rings is 1. The molecule has 0 radical (unpaired) electrons. The van der Waals surface area contributed by atoms with Crippen molar-refractivity contribution in [1.82, 2.24) is 20.4 Å². The first-order valence-electron chi connectivity index (χ1n) is 8.89. The summed E-state index contributed by atoms with van der Waals surface area (Å²) in [5.41, 5.74) is 0. The number of aryl methyl sites for hydroxylation is 1. The highest BCUT2D eigenvalue weighted by Gasteiger charge is 2.34. The fraction of sp³-hybridized carbons (Fsp3) is 0.556. The Kier molecular flexibility index (Phi) is 5.70. The van der Waals surface area contributed by atoms with Gasteiger partial charge in [0.05, 0.1) is 10.8 Å². The van der Waals surface area contributed by atoms with Crippen LogP contribution in [0, 0.1) is 12.8 Å². The molecule has 1 saturated heterocycles. The van der Waals surface area contributed by atoms with E-state index in [4.69, 9.17) is 4.52 Å². The standard InChI is InChI=1S/C18H24N4O3S/c1-11(2)15(20-16(23)14-7-5-9-26-14)18(24)22-8-4-6-13(10-22)17-19-12(3)21-25-17/h5,7,9,11,13,15H,4,6,8,10H2,1-3H3,(H,20,23). The van der Waals surface area contributed by atoms with Crippen molar-refractivity contribution in [2.45, 2.75) is 45.6 Å². The van der Waals surface area contributed by atoms with E-state index in [-0.39, 0.29) is 23.7 Å². The van der Waals surface area contributed by atoms with Gasteiger partial charge in [-0.3, -0.25) is 9.59 Å². The highest BCUT2D eigenvalue weighted by Crippen LogP contribution is 2.26. The SMILES string of the molecule is Cc1noc(C2CCCN(C(=O)C(NC(=O)c3cccs3)C(C)C)C2)n1. The molecule has 1 aliphatic rings. The third kappa shape index (κ3) is 4.12. The van der Waals surface area contributed by atoms with Gasteiger partial charge in [0.25, 0.3) is 5.91 Å². The van der Waals surface area contributed by atoms with E-state index in [2.05, 4.69) is 15.5 Å². The molecular formula is C18H24N4O3S. The zero-order valence-electron chi connectivity index (χ0n) is 15.3. The highest BCUT2D eigenvalue weighted by atomic mass is 32.1. The monoisotopic (exact) mass is 376 g/mol. The second kappa shape index (κ2) is 7.99. The first-order chi connectivity index (χ1) is 12.5. The summed E-state index contributed by atoms with van der Waals surface area (Å²) in [4.78, 5) is 32.2. The highest BCUT2D eigenvalue weighted by molar-refractivity contribution is 7.12. The number of carbonyl (C=O) groups excluding carboxylic acids is 2. The van der Waals surface area contributed by atoms with E-state index in [1.54, 1.807) is 13.0 Å². The van der Waals surface area contributed by atoms with Crippen molar-refractivity contribution in [1.29, 1.82) is 0 Å². The van der Waals surface area contributed by atoms with Crippen LogP contribution in [0.3, 0.4) is 0 Å². The van der Waals surface area contributed by atoms with E-state index in [9.17, 15) is 9.59 Å². The number of piperidine rings is 1. The first kappa shape index (κ1) is 18.6. The van der Waals surface area contributed by atoms with E-state index in [0.29, 0.717) is 29.7 Å². The van der Waals surface area contributed by atoms with E-state index in [1.807, 2.05) is 30.2 Å². The first-order valence-corrected chi connectivity index (χ1v) is 9.77. The van der Waals surface area contributed by atoms with Crippen LogP contribution in [0.1, 0.15) is 54.0 Å². The second-order valence-corrected chi connectivity index (χ2v) is 7.92. The van der Waals surface area contributed by atoms with Crippen molar-refractivity contribution >= 4 is 23.2 Å². The molecule has 0 aliphatic carbocycles. The minimum Gasteiger partial charge on any atom is -0.340 e. The van der Waals surface area contributed by atoms with Crippen LogP contribution in [0.15, 0.2) is 22.0 Å². The van der Waals surface area contributed by atoms with E-state index in [0.717, 1.165) is 12.8 Å². The molecule has 2 unspecified atom stereocenters. The van der Waals surface area contributed by atoms with Gasteiger partial charge < -0.3 is 14.7 Å². The maximum absolute atomic E-state index is 13.1.